The standard InChI is InChI=1S/C13H14N6O2/c1-9-12(16-11(20)8-15-17-14)13(21)19(18(9)2)10-6-4-3-5-7-10/h3-7H,8H2,1-2H3,(H,16,20). The second-order valence-electron chi connectivity index (χ2n) is 4.37. The summed E-state index contributed by atoms with van der Waals surface area (Å²) in [5.74, 6) is -0.529. The van der Waals surface area contributed by atoms with Gasteiger partial charge in [-0.25, -0.2) is 4.68 Å². The number of rotatable bonds is 4. The summed E-state index contributed by atoms with van der Waals surface area (Å²) in [7, 11) is 1.73. The molecule has 1 N–H and O–H groups in total. The summed E-state index contributed by atoms with van der Waals surface area (Å²) < 4.78 is 3.11. The minimum atomic E-state index is -0.529. The first-order valence-corrected chi connectivity index (χ1v) is 6.21. The highest BCUT2D eigenvalue weighted by Crippen LogP contribution is 2.13. The number of amides is 1. The van der Waals surface area contributed by atoms with Crippen LogP contribution in [0.4, 0.5) is 5.69 Å². The van der Waals surface area contributed by atoms with E-state index in [0.29, 0.717) is 11.4 Å². The monoisotopic (exact) mass is 286 g/mol. The molecule has 0 spiro atoms. The molecule has 0 aliphatic carbocycles. The van der Waals surface area contributed by atoms with E-state index >= 15 is 0 Å². The number of nitrogens with zero attached hydrogens (tertiary/aromatic N) is 5. The molecule has 1 amide bonds. The Labute approximate surface area is 120 Å². The summed E-state index contributed by atoms with van der Waals surface area (Å²) in [4.78, 5) is 26.6. The maximum Gasteiger partial charge on any atom is 0.295 e. The second-order valence-corrected chi connectivity index (χ2v) is 4.37. The van der Waals surface area contributed by atoms with Crippen LogP contribution in [-0.2, 0) is 11.8 Å². The van der Waals surface area contributed by atoms with E-state index < -0.39 is 5.91 Å². The van der Waals surface area contributed by atoms with Crippen molar-refractivity contribution in [1.29, 1.82) is 0 Å². The van der Waals surface area contributed by atoms with Gasteiger partial charge in [-0.3, -0.25) is 14.3 Å². The molecule has 0 saturated carbocycles. The summed E-state index contributed by atoms with van der Waals surface area (Å²) in [6.45, 7) is 1.37. The van der Waals surface area contributed by atoms with Crippen molar-refractivity contribution in [3.63, 3.8) is 0 Å². The summed E-state index contributed by atoms with van der Waals surface area (Å²) >= 11 is 0. The van der Waals surface area contributed by atoms with Crippen LogP contribution in [0.1, 0.15) is 5.69 Å². The van der Waals surface area contributed by atoms with Crippen molar-refractivity contribution in [3.05, 3.63) is 56.8 Å². The lowest BCUT2D eigenvalue weighted by atomic mass is 10.3. The summed E-state index contributed by atoms with van der Waals surface area (Å²) in [6, 6.07) is 9.10. The molecule has 2 rings (SSSR count). The van der Waals surface area contributed by atoms with Crippen LogP contribution in [0.5, 0.6) is 0 Å². The normalized spacial score (nSPS) is 10.0. The fourth-order valence-corrected chi connectivity index (χ4v) is 1.99. The number of carbonyl (C=O) groups is 1. The van der Waals surface area contributed by atoms with Crippen molar-refractivity contribution in [2.45, 2.75) is 6.92 Å². The molecule has 1 aromatic heterocycles. The van der Waals surface area contributed by atoms with Gasteiger partial charge in [0.05, 0.1) is 11.4 Å². The third-order valence-corrected chi connectivity index (χ3v) is 3.10. The van der Waals surface area contributed by atoms with Crippen molar-refractivity contribution >= 4 is 11.6 Å². The maximum absolute atomic E-state index is 12.4. The van der Waals surface area contributed by atoms with Crippen LogP contribution >= 0.6 is 0 Å². The number of benzene rings is 1. The van der Waals surface area contributed by atoms with E-state index in [-0.39, 0.29) is 17.8 Å². The first-order valence-electron chi connectivity index (χ1n) is 6.21. The van der Waals surface area contributed by atoms with Crippen LogP contribution in [0.25, 0.3) is 16.1 Å². The van der Waals surface area contributed by atoms with Gasteiger partial charge in [0.25, 0.3) is 5.56 Å². The largest absolute Gasteiger partial charge is 0.320 e. The minimum Gasteiger partial charge on any atom is -0.320 e. The fourth-order valence-electron chi connectivity index (χ4n) is 1.99. The van der Waals surface area contributed by atoms with Crippen LogP contribution in [0.3, 0.4) is 0 Å². The van der Waals surface area contributed by atoms with Crippen molar-refractivity contribution in [2.24, 2.45) is 12.2 Å². The molecule has 0 radical (unpaired) electrons. The molecule has 0 fully saturated rings. The first-order chi connectivity index (χ1) is 10.1. The number of para-hydroxylation sites is 1. The van der Waals surface area contributed by atoms with E-state index in [1.165, 1.54) is 4.68 Å². The molecule has 108 valence electrons. The third kappa shape index (κ3) is 2.80. The maximum atomic E-state index is 12.4. The Balaban J connectivity index is 2.44. The lowest BCUT2D eigenvalue weighted by molar-refractivity contribution is -0.114. The van der Waals surface area contributed by atoms with Crippen molar-refractivity contribution < 1.29 is 4.79 Å². The summed E-state index contributed by atoms with van der Waals surface area (Å²) in [5, 5.41) is 5.65. The van der Waals surface area contributed by atoms with E-state index in [9.17, 15) is 9.59 Å². The van der Waals surface area contributed by atoms with Crippen molar-refractivity contribution in [2.75, 3.05) is 11.9 Å². The van der Waals surface area contributed by atoms with Crippen LogP contribution < -0.4 is 10.9 Å². The number of azide groups is 1. The smallest absolute Gasteiger partial charge is 0.295 e. The molecular weight excluding hydrogens is 272 g/mol. The molecule has 8 heteroatoms. The highest BCUT2D eigenvalue weighted by atomic mass is 16.2. The highest BCUT2D eigenvalue weighted by molar-refractivity contribution is 5.92. The average molecular weight is 286 g/mol. The molecular formula is C13H14N6O2. The number of carbonyl (C=O) groups excluding carboxylic acids is 1. The van der Waals surface area contributed by atoms with Gasteiger partial charge in [0, 0.05) is 12.0 Å². The molecule has 0 aliphatic heterocycles. The van der Waals surface area contributed by atoms with Gasteiger partial charge in [0.15, 0.2) is 0 Å². The predicted octanol–water partition coefficient (Wildman–Crippen LogP) is 1.73. The Morgan fingerprint density at radius 2 is 2.05 bits per heavy atom. The fraction of sp³-hybridized carbons (Fsp3) is 0.231. The molecule has 0 aliphatic rings. The van der Waals surface area contributed by atoms with Crippen LogP contribution in [0, 0.1) is 6.92 Å². The Kier molecular flexibility index (Phi) is 4.10. The molecule has 0 atom stereocenters. The Morgan fingerprint density at radius 1 is 1.38 bits per heavy atom. The summed E-state index contributed by atoms with van der Waals surface area (Å²) in [6.07, 6.45) is 0. The Hall–Kier alpha value is -2.99. The number of hydrogen-bond acceptors (Lipinski definition) is 3. The first kappa shape index (κ1) is 14.4. The second kappa shape index (κ2) is 5.98. The number of aromatic nitrogens is 2. The molecule has 8 nitrogen and oxygen atoms in total. The van der Waals surface area contributed by atoms with Gasteiger partial charge in [-0.05, 0) is 24.6 Å². The van der Waals surface area contributed by atoms with E-state index in [1.807, 2.05) is 18.2 Å². The van der Waals surface area contributed by atoms with Gasteiger partial charge in [0.1, 0.15) is 12.2 Å². The summed E-state index contributed by atoms with van der Waals surface area (Å²) in [5.41, 5.74) is 9.35. The van der Waals surface area contributed by atoms with Crippen molar-refractivity contribution in [1.82, 2.24) is 9.36 Å². The van der Waals surface area contributed by atoms with Crippen LogP contribution in [0.15, 0.2) is 40.2 Å². The molecule has 2 aromatic rings. The number of hydrogen-bond donors (Lipinski definition) is 1. The van der Waals surface area contributed by atoms with Gasteiger partial charge >= 0.3 is 0 Å². The highest BCUT2D eigenvalue weighted by Gasteiger charge is 2.17. The third-order valence-electron chi connectivity index (χ3n) is 3.10. The molecule has 0 bridgehead atoms. The molecule has 21 heavy (non-hydrogen) atoms. The van der Waals surface area contributed by atoms with Gasteiger partial charge in [-0.2, -0.15) is 0 Å². The lowest BCUT2D eigenvalue weighted by Crippen LogP contribution is -2.23. The zero-order valence-electron chi connectivity index (χ0n) is 11.6. The minimum absolute atomic E-state index is 0.180. The predicted molar refractivity (Wildman–Crippen MR) is 78.4 cm³/mol. The Morgan fingerprint density at radius 3 is 2.67 bits per heavy atom. The topological polar surface area (TPSA) is 105 Å². The molecule has 0 saturated heterocycles. The lowest BCUT2D eigenvalue weighted by Gasteiger charge is -2.07. The van der Waals surface area contributed by atoms with Crippen LogP contribution in [0.2, 0.25) is 0 Å². The number of anilines is 1. The van der Waals surface area contributed by atoms with E-state index in [4.69, 9.17) is 5.53 Å². The Bertz CT molecular complexity index is 768. The SMILES string of the molecule is Cc1c(NC(=O)CN=[N+]=[N-])c(=O)n(-c2ccccc2)n1C. The molecule has 1 aromatic carbocycles. The van der Waals surface area contributed by atoms with Gasteiger partial charge < -0.3 is 5.32 Å². The zero-order valence-corrected chi connectivity index (χ0v) is 11.6. The van der Waals surface area contributed by atoms with Gasteiger partial charge in [-0.1, -0.05) is 23.3 Å². The quantitative estimate of drug-likeness (QED) is 0.525. The van der Waals surface area contributed by atoms with E-state index in [2.05, 4.69) is 15.3 Å². The van der Waals surface area contributed by atoms with Crippen LogP contribution in [-0.4, -0.2) is 21.8 Å². The average Bonchev–Trinajstić information content (AvgIpc) is 2.70. The van der Waals surface area contributed by atoms with Gasteiger partial charge in [-0.15, -0.1) is 0 Å². The molecule has 0 unspecified atom stereocenters. The zero-order chi connectivity index (χ0) is 15.4. The van der Waals surface area contributed by atoms with Gasteiger partial charge in [0.2, 0.25) is 5.91 Å². The van der Waals surface area contributed by atoms with E-state index in [0.717, 1.165) is 0 Å². The van der Waals surface area contributed by atoms with Crippen molar-refractivity contribution in [3.8, 4) is 5.69 Å². The van der Waals surface area contributed by atoms with E-state index in [1.54, 1.807) is 30.8 Å². The number of nitrogens with one attached hydrogen (secondary N) is 1. The molecule has 1 heterocycles.